The highest BCUT2D eigenvalue weighted by molar-refractivity contribution is 7.18. The van der Waals surface area contributed by atoms with Crippen molar-refractivity contribution in [3.63, 3.8) is 0 Å². The third kappa shape index (κ3) is 4.93. The van der Waals surface area contributed by atoms with E-state index in [1.165, 1.54) is 0 Å². The van der Waals surface area contributed by atoms with Gasteiger partial charge in [-0.15, -0.1) is 11.3 Å². The largest absolute Gasteiger partial charge is 0.378 e. The molecule has 1 fully saturated rings. The minimum absolute atomic E-state index is 0.00851. The highest BCUT2D eigenvalue weighted by Gasteiger charge is 2.23. The summed E-state index contributed by atoms with van der Waals surface area (Å²) in [4.78, 5) is 18.2. The Bertz CT molecular complexity index is 759. The van der Waals surface area contributed by atoms with E-state index in [-0.39, 0.29) is 5.91 Å². The van der Waals surface area contributed by atoms with Crippen LogP contribution in [-0.4, -0.2) is 63.8 Å². The van der Waals surface area contributed by atoms with Crippen molar-refractivity contribution in [2.24, 2.45) is 5.92 Å². The summed E-state index contributed by atoms with van der Waals surface area (Å²) in [7, 11) is 4.12. The smallest absolute Gasteiger partial charge is 0.261 e. The van der Waals surface area contributed by atoms with Gasteiger partial charge in [0, 0.05) is 31.2 Å². The summed E-state index contributed by atoms with van der Waals surface area (Å²) in [5.74, 6) is 0.483. The van der Waals surface area contributed by atoms with Gasteiger partial charge in [0.15, 0.2) is 0 Å². The molecule has 1 aliphatic heterocycles. The number of hydrogen-bond acceptors (Lipinski definition) is 5. The molecule has 2 heterocycles. The van der Waals surface area contributed by atoms with Crippen LogP contribution >= 0.6 is 11.3 Å². The van der Waals surface area contributed by atoms with Gasteiger partial charge in [-0.3, -0.25) is 4.79 Å². The number of morpholine rings is 1. The Morgan fingerprint density at radius 3 is 2.50 bits per heavy atom. The van der Waals surface area contributed by atoms with Gasteiger partial charge in [0.1, 0.15) is 0 Å². The van der Waals surface area contributed by atoms with E-state index in [0.29, 0.717) is 18.5 Å². The van der Waals surface area contributed by atoms with Crippen molar-refractivity contribution in [3.05, 3.63) is 41.3 Å². The number of anilines is 1. The molecular formula is C22H31N3O2S. The minimum atomic E-state index is 0.00851. The van der Waals surface area contributed by atoms with Gasteiger partial charge in [0.05, 0.1) is 23.1 Å². The molecular weight excluding hydrogens is 370 g/mol. The third-order valence-corrected chi connectivity index (χ3v) is 6.42. The Kier molecular flexibility index (Phi) is 7.10. The zero-order valence-corrected chi connectivity index (χ0v) is 18.1. The molecule has 0 bridgehead atoms. The number of nitrogens with zero attached hydrogens (tertiary/aromatic N) is 2. The van der Waals surface area contributed by atoms with Crippen LogP contribution in [0.2, 0.25) is 0 Å². The summed E-state index contributed by atoms with van der Waals surface area (Å²) in [6, 6.07) is 12.7. The first kappa shape index (κ1) is 20.8. The number of carbonyl (C=O) groups is 1. The zero-order chi connectivity index (χ0) is 20.1. The second-order valence-electron chi connectivity index (χ2n) is 7.78. The van der Waals surface area contributed by atoms with Crippen molar-refractivity contribution in [1.82, 2.24) is 10.2 Å². The molecule has 0 spiro atoms. The van der Waals surface area contributed by atoms with Crippen LogP contribution in [0.3, 0.4) is 0 Å². The van der Waals surface area contributed by atoms with E-state index in [9.17, 15) is 4.79 Å². The molecule has 1 unspecified atom stereocenters. The number of nitrogens with one attached hydrogen (secondary N) is 1. The molecule has 1 aromatic heterocycles. The first-order chi connectivity index (χ1) is 13.5. The monoisotopic (exact) mass is 401 g/mol. The Balaban J connectivity index is 1.83. The molecule has 1 amide bonds. The molecule has 152 valence electrons. The van der Waals surface area contributed by atoms with Crippen molar-refractivity contribution in [1.29, 1.82) is 0 Å². The van der Waals surface area contributed by atoms with E-state index in [2.05, 4.69) is 55.2 Å². The van der Waals surface area contributed by atoms with Gasteiger partial charge in [-0.1, -0.05) is 44.2 Å². The van der Waals surface area contributed by atoms with E-state index in [0.717, 1.165) is 47.3 Å². The lowest BCUT2D eigenvalue weighted by atomic mass is 10.0. The highest BCUT2D eigenvalue weighted by atomic mass is 32.1. The summed E-state index contributed by atoms with van der Waals surface area (Å²) in [6.45, 7) is 8.20. The fourth-order valence-corrected chi connectivity index (χ4v) is 4.77. The van der Waals surface area contributed by atoms with Crippen LogP contribution in [0.15, 0.2) is 36.4 Å². The molecule has 1 aliphatic rings. The number of benzene rings is 1. The van der Waals surface area contributed by atoms with Crippen LogP contribution in [-0.2, 0) is 4.74 Å². The summed E-state index contributed by atoms with van der Waals surface area (Å²) < 4.78 is 5.51. The lowest BCUT2D eigenvalue weighted by Crippen LogP contribution is -2.43. The van der Waals surface area contributed by atoms with E-state index >= 15 is 0 Å². The predicted octanol–water partition coefficient (Wildman–Crippen LogP) is 3.57. The van der Waals surface area contributed by atoms with Crippen molar-refractivity contribution in [3.8, 4) is 11.1 Å². The highest BCUT2D eigenvalue weighted by Crippen LogP contribution is 2.39. The molecule has 28 heavy (non-hydrogen) atoms. The molecule has 2 aromatic rings. The van der Waals surface area contributed by atoms with E-state index in [1.54, 1.807) is 11.3 Å². The quantitative estimate of drug-likeness (QED) is 0.770. The van der Waals surface area contributed by atoms with Gasteiger partial charge in [-0.25, -0.2) is 0 Å². The number of ether oxygens (including phenoxy) is 1. The molecule has 5 nitrogen and oxygen atoms in total. The number of amides is 1. The number of likely N-dealkylation sites (N-methyl/N-ethyl adjacent to an activating group) is 1. The topological polar surface area (TPSA) is 44.8 Å². The third-order valence-electron chi connectivity index (χ3n) is 5.22. The number of rotatable bonds is 7. The average Bonchev–Trinajstić information content (AvgIpc) is 3.14. The number of thiophene rings is 1. The molecule has 1 saturated heterocycles. The molecule has 1 aromatic carbocycles. The molecule has 1 atom stereocenters. The SMILES string of the molecule is CC(C)C(CNC(=O)c1cc(-c2ccccc2)c(N2CCOCC2)s1)N(C)C. The molecule has 0 saturated carbocycles. The fraction of sp³-hybridized carbons (Fsp3) is 0.500. The van der Waals surface area contributed by atoms with Gasteiger partial charge in [-0.05, 0) is 31.6 Å². The molecule has 0 radical (unpaired) electrons. The first-order valence-electron chi connectivity index (χ1n) is 9.94. The molecule has 6 heteroatoms. The zero-order valence-electron chi connectivity index (χ0n) is 17.3. The average molecular weight is 402 g/mol. The van der Waals surface area contributed by atoms with Gasteiger partial charge < -0.3 is 19.9 Å². The van der Waals surface area contributed by atoms with Gasteiger partial charge in [0.25, 0.3) is 5.91 Å². The molecule has 3 rings (SSSR count). The fourth-order valence-electron chi connectivity index (χ4n) is 3.62. The Morgan fingerprint density at radius 1 is 1.21 bits per heavy atom. The summed E-state index contributed by atoms with van der Waals surface area (Å²) in [6.07, 6.45) is 0. The molecule has 0 aliphatic carbocycles. The summed E-state index contributed by atoms with van der Waals surface area (Å²) in [5.41, 5.74) is 2.28. The predicted molar refractivity (Wildman–Crippen MR) is 117 cm³/mol. The van der Waals surface area contributed by atoms with Crippen LogP contribution in [0.4, 0.5) is 5.00 Å². The minimum Gasteiger partial charge on any atom is -0.378 e. The number of carbonyl (C=O) groups excluding carboxylic acids is 1. The standard InChI is InChI=1S/C22H31N3O2S/c1-16(2)19(24(3)4)15-23-21(26)20-14-18(17-8-6-5-7-9-17)22(28-20)25-10-12-27-13-11-25/h5-9,14,16,19H,10-13,15H2,1-4H3,(H,23,26). The van der Waals surface area contributed by atoms with E-state index < -0.39 is 0 Å². The van der Waals surface area contributed by atoms with Crippen molar-refractivity contribution in [2.45, 2.75) is 19.9 Å². The van der Waals surface area contributed by atoms with E-state index in [1.807, 2.05) is 24.3 Å². The second kappa shape index (κ2) is 9.54. The Hall–Kier alpha value is -1.89. The van der Waals surface area contributed by atoms with Gasteiger partial charge >= 0.3 is 0 Å². The van der Waals surface area contributed by atoms with Crippen LogP contribution in [0.25, 0.3) is 11.1 Å². The summed E-state index contributed by atoms with van der Waals surface area (Å²) in [5, 5.41) is 4.30. The van der Waals surface area contributed by atoms with Crippen molar-refractivity contribution >= 4 is 22.2 Å². The lowest BCUT2D eigenvalue weighted by Gasteiger charge is -2.28. The van der Waals surface area contributed by atoms with Crippen LogP contribution < -0.4 is 10.2 Å². The van der Waals surface area contributed by atoms with Gasteiger partial charge in [-0.2, -0.15) is 0 Å². The summed E-state index contributed by atoms with van der Waals surface area (Å²) >= 11 is 1.58. The van der Waals surface area contributed by atoms with Crippen LogP contribution in [0, 0.1) is 5.92 Å². The first-order valence-corrected chi connectivity index (χ1v) is 10.8. The van der Waals surface area contributed by atoms with Crippen LogP contribution in [0.5, 0.6) is 0 Å². The normalized spacial score (nSPS) is 15.9. The van der Waals surface area contributed by atoms with Crippen LogP contribution in [0.1, 0.15) is 23.5 Å². The maximum Gasteiger partial charge on any atom is 0.261 e. The van der Waals surface area contributed by atoms with Crippen molar-refractivity contribution in [2.75, 3.05) is 51.8 Å². The lowest BCUT2D eigenvalue weighted by molar-refractivity contribution is 0.0939. The number of hydrogen-bond donors (Lipinski definition) is 1. The van der Waals surface area contributed by atoms with Crippen molar-refractivity contribution < 1.29 is 9.53 Å². The van der Waals surface area contributed by atoms with E-state index in [4.69, 9.17) is 4.74 Å². The Morgan fingerprint density at radius 2 is 1.89 bits per heavy atom. The van der Waals surface area contributed by atoms with Gasteiger partial charge in [0.2, 0.25) is 0 Å². The Labute approximate surface area is 172 Å². The maximum atomic E-state index is 12.9. The second-order valence-corrected chi connectivity index (χ2v) is 8.81. The molecule has 1 N–H and O–H groups in total. The maximum absolute atomic E-state index is 12.9.